The summed E-state index contributed by atoms with van der Waals surface area (Å²) in [5.41, 5.74) is 0.773. The maximum absolute atomic E-state index is 11.2. The molecule has 2 rings (SSSR count). The monoisotopic (exact) mass is 312 g/mol. The lowest BCUT2D eigenvalue weighted by molar-refractivity contribution is -0.137. The van der Waals surface area contributed by atoms with Gasteiger partial charge >= 0.3 is 5.97 Å². The zero-order chi connectivity index (χ0) is 15.6. The first kappa shape index (κ1) is 16.0. The summed E-state index contributed by atoms with van der Waals surface area (Å²) in [5, 5.41) is 9.74. The van der Waals surface area contributed by atoms with Crippen LogP contribution in [0.2, 0.25) is 5.02 Å². The summed E-state index contributed by atoms with van der Waals surface area (Å²) in [7, 11) is 1.57. The van der Waals surface area contributed by atoms with Crippen molar-refractivity contribution < 1.29 is 19.4 Å². The molecule has 1 aromatic carbocycles. The number of aliphatic carboxylic acids is 1. The molecule has 0 bridgehead atoms. The van der Waals surface area contributed by atoms with Gasteiger partial charge in [0.15, 0.2) is 11.5 Å². The summed E-state index contributed by atoms with van der Waals surface area (Å²) in [4.78, 5) is 11.2. The lowest BCUT2D eigenvalue weighted by Gasteiger charge is -2.23. The summed E-state index contributed by atoms with van der Waals surface area (Å²) in [6.45, 7) is 3.85. The van der Waals surface area contributed by atoms with E-state index in [9.17, 15) is 9.90 Å². The quantitative estimate of drug-likeness (QED) is 0.823. The molecule has 0 saturated heterocycles. The first-order valence-electron chi connectivity index (χ1n) is 7.18. The molecule has 0 spiro atoms. The van der Waals surface area contributed by atoms with Crippen molar-refractivity contribution in [3.8, 4) is 11.5 Å². The highest BCUT2D eigenvalue weighted by molar-refractivity contribution is 6.31. The maximum Gasteiger partial charge on any atom is 0.303 e. The third kappa shape index (κ3) is 3.82. The Kier molecular flexibility index (Phi) is 4.99. The zero-order valence-electron chi connectivity index (χ0n) is 12.6. The third-order valence-corrected chi connectivity index (χ3v) is 3.97. The van der Waals surface area contributed by atoms with E-state index in [0.29, 0.717) is 22.4 Å². The van der Waals surface area contributed by atoms with Gasteiger partial charge in [-0.2, -0.15) is 0 Å². The summed E-state index contributed by atoms with van der Waals surface area (Å²) in [6.07, 6.45) is 2.09. The van der Waals surface area contributed by atoms with Crippen LogP contribution >= 0.6 is 11.6 Å². The van der Waals surface area contributed by atoms with Gasteiger partial charge < -0.3 is 14.6 Å². The van der Waals surface area contributed by atoms with Crippen LogP contribution in [0.3, 0.4) is 0 Å². The van der Waals surface area contributed by atoms with Gasteiger partial charge in [0.1, 0.15) is 0 Å². The molecule has 5 heteroatoms. The fourth-order valence-electron chi connectivity index (χ4n) is 2.61. The van der Waals surface area contributed by atoms with E-state index in [4.69, 9.17) is 21.1 Å². The van der Waals surface area contributed by atoms with Crippen LogP contribution in [-0.2, 0) is 4.79 Å². The van der Waals surface area contributed by atoms with Crippen molar-refractivity contribution in [2.45, 2.75) is 45.1 Å². The van der Waals surface area contributed by atoms with Crippen molar-refractivity contribution in [2.24, 2.45) is 5.92 Å². The minimum Gasteiger partial charge on any atom is -0.493 e. The highest BCUT2D eigenvalue weighted by atomic mass is 35.5. The van der Waals surface area contributed by atoms with E-state index in [1.54, 1.807) is 19.2 Å². The molecular formula is C16H21ClO4. The topological polar surface area (TPSA) is 55.8 Å². The Morgan fingerprint density at radius 1 is 1.43 bits per heavy atom. The van der Waals surface area contributed by atoms with Gasteiger partial charge in [-0.25, -0.2) is 0 Å². The number of rotatable bonds is 7. The number of halogens is 1. The van der Waals surface area contributed by atoms with E-state index < -0.39 is 5.97 Å². The molecular weight excluding hydrogens is 292 g/mol. The fraction of sp³-hybridized carbons (Fsp3) is 0.562. The molecule has 0 amide bonds. The molecule has 1 fully saturated rings. The molecule has 1 N–H and O–H groups in total. The van der Waals surface area contributed by atoms with Crippen molar-refractivity contribution in [3.05, 3.63) is 22.7 Å². The van der Waals surface area contributed by atoms with Gasteiger partial charge in [-0.3, -0.25) is 4.79 Å². The Balaban J connectivity index is 2.49. The van der Waals surface area contributed by atoms with Crippen LogP contribution in [0.5, 0.6) is 11.5 Å². The van der Waals surface area contributed by atoms with Crippen LogP contribution in [0.4, 0.5) is 0 Å². The molecule has 1 aromatic rings. The number of methoxy groups -OCH3 is 1. The number of hydrogen-bond acceptors (Lipinski definition) is 3. The third-order valence-electron chi connectivity index (χ3n) is 3.64. The lowest BCUT2D eigenvalue weighted by atomic mass is 9.90. The van der Waals surface area contributed by atoms with Crippen LogP contribution in [0.15, 0.2) is 12.1 Å². The smallest absolute Gasteiger partial charge is 0.303 e. The van der Waals surface area contributed by atoms with Gasteiger partial charge in [0.05, 0.1) is 19.6 Å². The molecule has 1 saturated carbocycles. The largest absolute Gasteiger partial charge is 0.493 e. The Morgan fingerprint density at radius 3 is 2.57 bits per heavy atom. The average Bonchev–Trinajstić information content (AvgIpc) is 3.20. The van der Waals surface area contributed by atoms with Crippen LogP contribution in [-0.4, -0.2) is 24.3 Å². The Labute approximate surface area is 130 Å². The normalized spacial score (nSPS) is 15.9. The number of ether oxygens (including phenoxy) is 2. The van der Waals surface area contributed by atoms with E-state index in [1.807, 2.05) is 13.8 Å². The van der Waals surface area contributed by atoms with Gasteiger partial charge in [0.2, 0.25) is 0 Å². The number of carbonyl (C=O) groups is 1. The highest BCUT2D eigenvalue weighted by Gasteiger charge is 2.37. The molecule has 1 aliphatic rings. The lowest BCUT2D eigenvalue weighted by Crippen LogP contribution is -2.14. The second-order valence-electron chi connectivity index (χ2n) is 5.70. The van der Waals surface area contributed by atoms with Crippen molar-refractivity contribution in [1.82, 2.24) is 0 Å². The maximum atomic E-state index is 11.2. The molecule has 0 aliphatic heterocycles. The predicted octanol–water partition coefficient (Wildman–Crippen LogP) is 4.10. The van der Waals surface area contributed by atoms with Gasteiger partial charge in [-0.1, -0.05) is 11.6 Å². The molecule has 1 aliphatic carbocycles. The average molecular weight is 313 g/mol. The second kappa shape index (κ2) is 6.56. The van der Waals surface area contributed by atoms with E-state index in [0.717, 1.165) is 18.4 Å². The first-order valence-corrected chi connectivity index (χ1v) is 7.56. The van der Waals surface area contributed by atoms with Gasteiger partial charge in [-0.15, -0.1) is 0 Å². The Morgan fingerprint density at radius 2 is 2.10 bits per heavy atom. The second-order valence-corrected chi connectivity index (χ2v) is 6.11. The summed E-state index contributed by atoms with van der Waals surface area (Å²) in [6, 6.07) is 3.51. The van der Waals surface area contributed by atoms with Crippen molar-refractivity contribution in [2.75, 3.05) is 7.11 Å². The molecule has 0 heterocycles. The molecule has 1 atom stereocenters. The molecule has 4 nitrogen and oxygen atoms in total. The van der Waals surface area contributed by atoms with Crippen LogP contribution < -0.4 is 9.47 Å². The number of carboxylic acids is 1. The minimum atomic E-state index is -0.818. The summed E-state index contributed by atoms with van der Waals surface area (Å²) < 4.78 is 11.3. The highest BCUT2D eigenvalue weighted by Crippen LogP contribution is 2.51. The summed E-state index contributed by atoms with van der Waals surface area (Å²) >= 11 is 6.36. The van der Waals surface area contributed by atoms with Gasteiger partial charge in [0, 0.05) is 16.5 Å². The van der Waals surface area contributed by atoms with Crippen molar-refractivity contribution in [3.63, 3.8) is 0 Å². The standard InChI is InChI=1S/C16H21ClO4/c1-9(2)21-16-13(20-3)7-6-12(17)15(16)11(8-14(18)19)10-4-5-10/h6-7,9-11H,4-5,8H2,1-3H3,(H,18,19). The van der Waals surface area contributed by atoms with Crippen molar-refractivity contribution >= 4 is 17.6 Å². The number of hydrogen-bond donors (Lipinski definition) is 1. The molecule has 21 heavy (non-hydrogen) atoms. The summed E-state index contributed by atoms with van der Waals surface area (Å²) in [5.74, 6) is 0.595. The first-order chi connectivity index (χ1) is 9.93. The van der Waals surface area contributed by atoms with E-state index in [2.05, 4.69) is 0 Å². The zero-order valence-corrected chi connectivity index (χ0v) is 13.3. The van der Waals surface area contributed by atoms with E-state index >= 15 is 0 Å². The Bertz CT molecular complexity index is 523. The van der Waals surface area contributed by atoms with E-state index in [-0.39, 0.29) is 18.4 Å². The number of benzene rings is 1. The van der Waals surface area contributed by atoms with Crippen LogP contribution in [0.25, 0.3) is 0 Å². The minimum absolute atomic E-state index is 0.0409. The van der Waals surface area contributed by atoms with Gasteiger partial charge in [0.25, 0.3) is 0 Å². The van der Waals surface area contributed by atoms with Crippen LogP contribution in [0.1, 0.15) is 44.6 Å². The SMILES string of the molecule is COc1ccc(Cl)c(C(CC(=O)O)C2CC2)c1OC(C)C. The van der Waals surface area contributed by atoms with Crippen LogP contribution in [0, 0.1) is 5.92 Å². The molecule has 0 radical (unpaired) electrons. The number of carboxylic acid groups (broad SMARTS) is 1. The molecule has 116 valence electrons. The van der Waals surface area contributed by atoms with Crippen molar-refractivity contribution in [1.29, 1.82) is 0 Å². The molecule has 0 aromatic heterocycles. The molecule has 1 unspecified atom stereocenters. The van der Waals surface area contributed by atoms with Gasteiger partial charge in [-0.05, 0) is 44.7 Å². The van der Waals surface area contributed by atoms with E-state index in [1.165, 1.54) is 0 Å². The predicted molar refractivity (Wildman–Crippen MR) is 81.5 cm³/mol. The Hall–Kier alpha value is -1.42. The fourth-order valence-corrected chi connectivity index (χ4v) is 2.90.